The van der Waals surface area contributed by atoms with E-state index in [0.717, 1.165) is 51.6 Å². The number of benzene rings is 1. The Balaban J connectivity index is 1.51. The van der Waals surface area contributed by atoms with Gasteiger partial charge in [0.2, 0.25) is 15.9 Å². The Bertz CT molecular complexity index is 1060. The molecule has 0 atom stereocenters. The van der Waals surface area contributed by atoms with Crippen LogP contribution in [0.4, 0.5) is 5.69 Å². The van der Waals surface area contributed by atoms with E-state index in [1.54, 1.807) is 29.4 Å². The molecular weight excluding hydrogens is 442 g/mol. The van der Waals surface area contributed by atoms with Crippen LogP contribution in [-0.4, -0.2) is 61.5 Å². The molecule has 0 aliphatic carbocycles. The number of anilines is 1. The number of aromatic nitrogens is 2. The molecule has 0 unspecified atom stereocenters. The number of piperidine rings is 2. The van der Waals surface area contributed by atoms with Gasteiger partial charge in [-0.05, 0) is 63.6 Å². The molecule has 1 aromatic carbocycles. The molecule has 2 fully saturated rings. The van der Waals surface area contributed by atoms with Gasteiger partial charge in [-0.3, -0.25) is 4.79 Å². The summed E-state index contributed by atoms with van der Waals surface area (Å²) in [6.45, 7) is 4.94. The normalized spacial score (nSPS) is 17.8. The molecule has 2 aliphatic heterocycles. The number of nitrogens with one attached hydrogen (secondary N) is 1. The Morgan fingerprint density at radius 2 is 1.76 bits per heavy atom. The second-order valence-corrected chi connectivity index (χ2v) is 10.7. The van der Waals surface area contributed by atoms with Gasteiger partial charge in [0.25, 0.3) is 5.91 Å². The number of amides is 1. The number of nitrogens with zero attached hydrogens (tertiary/aromatic N) is 4. The number of sulfonamides is 1. The fraction of sp³-hybridized carbons (Fsp3) is 0.609. The van der Waals surface area contributed by atoms with Gasteiger partial charge in [-0.1, -0.05) is 11.6 Å². The first kappa shape index (κ1) is 23.7. The average molecular weight is 476 g/mol. The highest BCUT2D eigenvalue weighted by molar-refractivity contribution is 7.89. The van der Waals surface area contributed by atoms with Crippen molar-refractivity contribution in [2.75, 3.05) is 37.6 Å². The largest absolute Gasteiger partial charge is 0.370 e. The summed E-state index contributed by atoms with van der Waals surface area (Å²) in [5.74, 6) is 0.852. The monoisotopic (exact) mass is 475 g/mol. The first-order chi connectivity index (χ1) is 15.9. The lowest BCUT2D eigenvalue weighted by molar-refractivity contribution is 0.0952. The van der Waals surface area contributed by atoms with Crippen LogP contribution in [0.15, 0.2) is 27.6 Å². The Morgan fingerprint density at radius 1 is 1.06 bits per heavy atom. The Kier molecular flexibility index (Phi) is 7.64. The summed E-state index contributed by atoms with van der Waals surface area (Å²) in [6.07, 6.45) is 7.28. The maximum absolute atomic E-state index is 13.6. The smallest absolute Gasteiger partial charge is 0.251 e. The fourth-order valence-electron chi connectivity index (χ4n) is 4.49. The molecule has 1 aromatic heterocycles. The zero-order chi connectivity index (χ0) is 23.3. The van der Waals surface area contributed by atoms with Crippen LogP contribution >= 0.6 is 0 Å². The molecule has 1 amide bonds. The Labute approximate surface area is 195 Å². The van der Waals surface area contributed by atoms with Gasteiger partial charge in [0, 0.05) is 44.7 Å². The minimum atomic E-state index is -3.67. The lowest BCUT2D eigenvalue weighted by atomic mass is 10.1. The van der Waals surface area contributed by atoms with Crippen molar-refractivity contribution >= 4 is 21.6 Å². The van der Waals surface area contributed by atoms with E-state index in [4.69, 9.17) is 4.52 Å². The van der Waals surface area contributed by atoms with E-state index in [1.165, 1.54) is 0 Å². The first-order valence-corrected chi connectivity index (χ1v) is 13.4. The number of hydrogen-bond acceptors (Lipinski definition) is 7. The zero-order valence-electron chi connectivity index (χ0n) is 19.3. The summed E-state index contributed by atoms with van der Waals surface area (Å²) in [6, 6.07) is 5.10. The maximum atomic E-state index is 13.6. The molecule has 2 saturated heterocycles. The molecule has 180 valence electrons. The Hall–Kier alpha value is -2.46. The first-order valence-electron chi connectivity index (χ1n) is 11.9. The summed E-state index contributed by atoms with van der Waals surface area (Å²) in [5, 5.41) is 6.64. The molecule has 1 N–H and O–H groups in total. The van der Waals surface area contributed by atoms with Gasteiger partial charge in [-0.15, -0.1) is 0 Å². The number of aryl methyl sites for hydroxylation is 2. The van der Waals surface area contributed by atoms with Gasteiger partial charge < -0.3 is 14.7 Å². The van der Waals surface area contributed by atoms with Crippen molar-refractivity contribution in [3.8, 4) is 0 Å². The molecule has 3 heterocycles. The quantitative estimate of drug-likeness (QED) is 0.585. The van der Waals surface area contributed by atoms with Crippen molar-refractivity contribution in [1.82, 2.24) is 19.8 Å². The van der Waals surface area contributed by atoms with Crippen molar-refractivity contribution in [1.29, 1.82) is 0 Å². The second kappa shape index (κ2) is 10.6. The van der Waals surface area contributed by atoms with E-state index in [2.05, 4.69) is 20.4 Å². The molecule has 9 nitrogen and oxygen atoms in total. The summed E-state index contributed by atoms with van der Waals surface area (Å²) in [4.78, 5) is 19.4. The van der Waals surface area contributed by atoms with Crippen molar-refractivity contribution in [3.05, 3.63) is 35.5 Å². The van der Waals surface area contributed by atoms with E-state index in [1.807, 2.05) is 0 Å². The van der Waals surface area contributed by atoms with E-state index in [-0.39, 0.29) is 10.8 Å². The van der Waals surface area contributed by atoms with Crippen molar-refractivity contribution in [3.63, 3.8) is 0 Å². The molecule has 0 bridgehead atoms. The molecule has 0 radical (unpaired) electrons. The van der Waals surface area contributed by atoms with Crippen LogP contribution in [0.25, 0.3) is 0 Å². The number of carbonyl (C=O) groups is 1. The van der Waals surface area contributed by atoms with Crippen molar-refractivity contribution < 1.29 is 17.7 Å². The average Bonchev–Trinajstić information content (AvgIpc) is 3.27. The third-order valence-electron chi connectivity index (χ3n) is 6.27. The molecule has 0 spiro atoms. The van der Waals surface area contributed by atoms with E-state index in [9.17, 15) is 13.2 Å². The van der Waals surface area contributed by atoms with E-state index >= 15 is 0 Å². The highest BCUT2D eigenvalue weighted by atomic mass is 32.2. The molecule has 4 rings (SSSR count). The van der Waals surface area contributed by atoms with Crippen LogP contribution in [0.2, 0.25) is 0 Å². The third kappa shape index (κ3) is 5.73. The third-order valence-corrected chi connectivity index (χ3v) is 8.20. The second-order valence-electron chi connectivity index (χ2n) is 8.79. The molecule has 2 aromatic rings. The summed E-state index contributed by atoms with van der Waals surface area (Å²) >= 11 is 0. The topological polar surface area (TPSA) is 109 Å². The van der Waals surface area contributed by atoms with Gasteiger partial charge in [0.05, 0.1) is 5.69 Å². The minimum Gasteiger partial charge on any atom is -0.370 e. The number of carbonyl (C=O) groups excluding carboxylic acids is 1. The van der Waals surface area contributed by atoms with Gasteiger partial charge >= 0.3 is 0 Å². The summed E-state index contributed by atoms with van der Waals surface area (Å²) in [5.41, 5.74) is 1.07. The summed E-state index contributed by atoms with van der Waals surface area (Å²) in [7, 11) is -3.67. The lowest BCUT2D eigenvalue weighted by Crippen LogP contribution is -2.38. The maximum Gasteiger partial charge on any atom is 0.251 e. The van der Waals surface area contributed by atoms with Crippen LogP contribution < -0.4 is 10.2 Å². The fourth-order valence-corrected chi connectivity index (χ4v) is 6.24. The molecule has 2 aliphatic rings. The highest BCUT2D eigenvalue weighted by Gasteiger charge is 2.31. The zero-order valence-corrected chi connectivity index (χ0v) is 20.1. The minimum absolute atomic E-state index is 0.250. The Morgan fingerprint density at radius 3 is 2.42 bits per heavy atom. The van der Waals surface area contributed by atoms with Gasteiger partial charge in [-0.2, -0.15) is 9.29 Å². The molecule has 33 heavy (non-hydrogen) atoms. The van der Waals surface area contributed by atoms with Crippen LogP contribution in [0.5, 0.6) is 0 Å². The number of rotatable bonds is 8. The molecular formula is C23H33N5O4S. The lowest BCUT2D eigenvalue weighted by Gasteiger charge is -2.33. The predicted molar refractivity (Wildman–Crippen MR) is 125 cm³/mol. The molecule has 0 saturated carbocycles. The van der Waals surface area contributed by atoms with Crippen LogP contribution in [0.3, 0.4) is 0 Å². The SMILES string of the molecule is Cc1noc(CCCNC(=O)c2ccc(N3CCCCC3)c(S(=O)(=O)N3CCCCC3)c2)n1. The standard InChI is InChI=1S/C23H33N5O4S/c1-18-25-22(32-26-18)9-8-12-24-23(29)19-10-11-20(27-13-4-2-5-14-27)21(17-19)33(30,31)28-15-6-3-7-16-28/h10-11,17H,2-9,12-16H2,1H3,(H,24,29). The van der Waals surface area contributed by atoms with E-state index in [0.29, 0.717) is 55.4 Å². The van der Waals surface area contributed by atoms with Crippen LogP contribution in [-0.2, 0) is 16.4 Å². The van der Waals surface area contributed by atoms with Gasteiger partial charge in [-0.25, -0.2) is 8.42 Å². The van der Waals surface area contributed by atoms with E-state index < -0.39 is 10.0 Å². The van der Waals surface area contributed by atoms with Gasteiger partial charge in [0.1, 0.15) is 4.90 Å². The van der Waals surface area contributed by atoms with Crippen LogP contribution in [0.1, 0.15) is 67.0 Å². The summed E-state index contributed by atoms with van der Waals surface area (Å²) < 4.78 is 33.8. The highest BCUT2D eigenvalue weighted by Crippen LogP contribution is 2.32. The molecule has 10 heteroatoms. The predicted octanol–water partition coefficient (Wildman–Crippen LogP) is 2.91. The van der Waals surface area contributed by atoms with Gasteiger partial charge in [0.15, 0.2) is 5.82 Å². The number of hydrogen-bond donors (Lipinski definition) is 1. The van der Waals surface area contributed by atoms with Crippen molar-refractivity contribution in [2.24, 2.45) is 0 Å². The van der Waals surface area contributed by atoms with Crippen LogP contribution in [0, 0.1) is 6.92 Å². The van der Waals surface area contributed by atoms with Crippen molar-refractivity contribution in [2.45, 2.75) is 63.2 Å².